The fourth-order valence-corrected chi connectivity index (χ4v) is 2.94. The highest BCUT2D eigenvalue weighted by atomic mass is 32.2. The summed E-state index contributed by atoms with van der Waals surface area (Å²) in [4.78, 5) is 15.8. The number of hydrogen-bond donors (Lipinski definition) is 1. The molecule has 1 heterocycles. The Morgan fingerprint density at radius 1 is 1.16 bits per heavy atom. The van der Waals surface area contributed by atoms with E-state index in [9.17, 15) is 22.0 Å². The average molecular weight is 366 g/mol. The highest BCUT2D eigenvalue weighted by molar-refractivity contribution is 7.91. The summed E-state index contributed by atoms with van der Waals surface area (Å²) in [6.45, 7) is 1.70. The van der Waals surface area contributed by atoms with Crippen molar-refractivity contribution in [3.8, 4) is 0 Å². The Kier molecular flexibility index (Phi) is 4.25. The van der Waals surface area contributed by atoms with E-state index in [2.05, 4.69) is 10.3 Å². The van der Waals surface area contributed by atoms with Gasteiger partial charge in [-0.2, -0.15) is 8.78 Å². The SMILES string of the molecule is Cc1nc2cc(NC(=O)c3ccc(S(=O)(=O)C(F)F)cc3)ccc2o1. The van der Waals surface area contributed by atoms with Crippen LogP contribution in [0.5, 0.6) is 0 Å². The zero-order valence-corrected chi connectivity index (χ0v) is 13.7. The zero-order valence-electron chi connectivity index (χ0n) is 12.9. The number of benzene rings is 2. The van der Waals surface area contributed by atoms with Crippen LogP contribution in [0, 0.1) is 6.92 Å². The largest absolute Gasteiger partial charge is 0.441 e. The Hall–Kier alpha value is -2.81. The van der Waals surface area contributed by atoms with E-state index in [4.69, 9.17) is 4.42 Å². The highest BCUT2D eigenvalue weighted by Crippen LogP contribution is 2.21. The first kappa shape index (κ1) is 17.0. The lowest BCUT2D eigenvalue weighted by Crippen LogP contribution is -2.14. The Balaban J connectivity index is 1.80. The van der Waals surface area contributed by atoms with Gasteiger partial charge in [-0.25, -0.2) is 13.4 Å². The number of alkyl halides is 2. The summed E-state index contributed by atoms with van der Waals surface area (Å²) in [5.74, 6) is -3.53. The molecule has 0 spiro atoms. The van der Waals surface area contributed by atoms with Crippen LogP contribution in [0.4, 0.5) is 14.5 Å². The van der Waals surface area contributed by atoms with Gasteiger partial charge in [0, 0.05) is 18.2 Å². The second kappa shape index (κ2) is 6.25. The van der Waals surface area contributed by atoms with Crippen molar-refractivity contribution < 1.29 is 26.4 Å². The average Bonchev–Trinajstić information content (AvgIpc) is 2.94. The van der Waals surface area contributed by atoms with E-state index in [0.717, 1.165) is 12.1 Å². The van der Waals surface area contributed by atoms with Gasteiger partial charge in [0.2, 0.25) is 9.84 Å². The molecule has 0 fully saturated rings. The molecule has 6 nitrogen and oxygen atoms in total. The van der Waals surface area contributed by atoms with Gasteiger partial charge in [0.1, 0.15) is 5.52 Å². The van der Waals surface area contributed by atoms with Crippen molar-refractivity contribution in [2.24, 2.45) is 0 Å². The van der Waals surface area contributed by atoms with Crippen molar-refractivity contribution >= 4 is 32.5 Å². The van der Waals surface area contributed by atoms with Crippen LogP contribution in [0.3, 0.4) is 0 Å². The fraction of sp³-hybridized carbons (Fsp3) is 0.125. The predicted molar refractivity (Wildman–Crippen MR) is 86.3 cm³/mol. The molecule has 0 saturated heterocycles. The maximum absolute atomic E-state index is 12.5. The Morgan fingerprint density at radius 2 is 1.84 bits per heavy atom. The van der Waals surface area contributed by atoms with Gasteiger partial charge in [-0.1, -0.05) is 0 Å². The number of sulfone groups is 1. The number of anilines is 1. The standard InChI is InChI=1S/C16H12F2N2O4S/c1-9-19-13-8-11(4-7-14(13)24-9)20-15(21)10-2-5-12(6-3-10)25(22,23)16(17)18/h2-8,16H,1H3,(H,20,21). The number of nitrogens with zero attached hydrogens (tertiary/aromatic N) is 1. The monoisotopic (exact) mass is 366 g/mol. The van der Waals surface area contributed by atoms with Gasteiger partial charge in [0.05, 0.1) is 4.90 Å². The Bertz CT molecular complexity index is 1040. The van der Waals surface area contributed by atoms with Crippen LogP contribution in [0.25, 0.3) is 11.1 Å². The Labute approximate surface area is 141 Å². The second-order valence-electron chi connectivity index (χ2n) is 5.20. The van der Waals surface area contributed by atoms with E-state index in [1.54, 1.807) is 25.1 Å². The fourth-order valence-electron chi connectivity index (χ4n) is 2.22. The number of hydrogen-bond acceptors (Lipinski definition) is 5. The highest BCUT2D eigenvalue weighted by Gasteiger charge is 2.26. The van der Waals surface area contributed by atoms with Crippen LogP contribution in [-0.2, 0) is 9.84 Å². The lowest BCUT2D eigenvalue weighted by Gasteiger charge is -2.07. The number of amides is 1. The van der Waals surface area contributed by atoms with Gasteiger partial charge in [0.15, 0.2) is 11.5 Å². The number of nitrogens with one attached hydrogen (secondary N) is 1. The molecule has 1 N–H and O–H groups in total. The first-order valence-corrected chi connectivity index (χ1v) is 8.62. The molecule has 3 rings (SSSR count). The van der Waals surface area contributed by atoms with Crippen molar-refractivity contribution in [3.63, 3.8) is 0 Å². The normalized spacial score (nSPS) is 11.8. The molecule has 0 aliphatic carbocycles. The van der Waals surface area contributed by atoms with E-state index in [1.807, 2.05) is 0 Å². The number of aryl methyl sites for hydroxylation is 1. The van der Waals surface area contributed by atoms with Gasteiger partial charge in [-0.05, 0) is 42.5 Å². The van der Waals surface area contributed by atoms with Crippen molar-refractivity contribution in [1.82, 2.24) is 4.98 Å². The van der Waals surface area contributed by atoms with E-state index >= 15 is 0 Å². The van der Waals surface area contributed by atoms with E-state index in [1.165, 1.54) is 12.1 Å². The van der Waals surface area contributed by atoms with Crippen LogP contribution in [0.1, 0.15) is 16.2 Å². The minimum absolute atomic E-state index is 0.129. The number of aromatic nitrogens is 1. The molecule has 9 heteroatoms. The number of fused-ring (bicyclic) bond motifs is 1. The predicted octanol–water partition coefficient (Wildman–Crippen LogP) is 3.38. The maximum Gasteiger partial charge on any atom is 0.341 e. The molecular formula is C16H12F2N2O4S. The third kappa shape index (κ3) is 3.36. The van der Waals surface area contributed by atoms with Crippen molar-refractivity contribution in [1.29, 1.82) is 0 Å². The van der Waals surface area contributed by atoms with Gasteiger partial charge < -0.3 is 9.73 Å². The Morgan fingerprint density at radius 3 is 2.48 bits per heavy atom. The third-order valence-electron chi connectivity index (χ3n) is 3.43. The minimum Gasteiger partial charge on any atom is -0.441 e. The summed E-state index contributed by atoms with van der Waals surface area (Å²) in [6.07, 6.45) is 0. The number of carbonyl (C=O) groups excluding carboxylic acids is 1. The smallest absolute Gasteiger partial charge is 0.341 e. The third-order valence-corrected chi connectivity index (χ3v) is 4.83. The van der Waals surface area contributed by atoms with E-state index in [0.29, 0.717) is 22.7 Å². The van der Waals surface area contributed by atoms with Gasteiger partial charge in [0.25, 0.3) is 5.91 Å². The maximum atomic E-state index is 12.5. The summed E-state index contributed by atoms with van der Waals surface area (Å²) >= 11 is 0. The van der Waals surface area contributed by atoms with Crippen LogP contribution in [0.2, 0.25) is 0 Å². The number of rotatable bonds is 4. The molecule has 0 atom stereocenters. The topological polar surface area (TPSA) is 89.3 Å². The lowest BCUT2D eigenvalue weighted by atomic mass is 10.2. The summed E-state index contributed by atoms with van der Waals surface area (Å²) < 4.78 is 53.1. The first-order chi connectivity index (χ1) is 11.8. The lowest BCUT2D eigenvalue weighted by molar-refractivity contribution is 0.102. The summed E-state index contributed by atoms with van der Waals surface area (Å²) in [6, 6.07) is 9.19. The van der Waals surface area contributed by atoms with Crippen LogP contribution >= 0.6 is 0 Å². The number of oxazole rings is 1. The molecule has 0 unspecified atom stereocenters. The molecule has 25 heavy (non-hydrogen) atoms. The zero-order chi connectivity index (χ0) is 18.2. The second-order valence-corrected chi connectivity index (χ2v) is 7.12. The summed E-state index contributed by atoms with van der Waals surface area (Å²) in [5.41, 5.74) is 1.76. The first-order valence-electron chi connectivity index (χ1n) is 7.08. The van der Waals surface area contributed by atoms with Crippen LogP contribution in [0.15, 0.2) is 51.8 Å². The van der Waals surface area contributed by atoms with Gasteiger partial charge in [-0.15, -0.1) is 0 Å². The van der Waals surface area contributed by atoms with Crippen LogP contribution in [-0.4, -0.2) is 25.1 Å². The minimum atomic E-state index is -4.68. The quantitative estimate of drug-likeness (QED) is 0.764. The molecule has 130 valence electrons. The molecular weight excluding hydrogens is 354 g/mol. The van der Waals surface area contributed by atoms with Crippen molar-refractivity contribution in [2.75, 3.05) is 5.32 Å². The summed E-state index contributed by atoms with van der Waals surface area (Å²) in [5, 5.41) is 2.62. The van der Waals surface area contributed by atoms with E-state index < -0.39 is 26.4 Å². The van der Waals surface area contributed by atoms with Gasteiger partial charge in [-0.3, -0.25) is 4.79 Å². The molecule has 0 aliphatic rings. The molecule has 1 aromatic heterocycles. The molecule has 0 aliphatic heterocycles. The molecule has 0 bridgehead atoms. The van der Waals surface area contributed by atoms with E-state index in [-0.39, 0.29) is 5.56 Å². The molecule has 0 radical (unpaired) electrons. The van der Waals surface area contributed by atoms with Gasteiger partial charge >= 0.3 is 5.76 Å². The van der Waals surface area contributed by atoms with Crippen molar-refractivity contribution in [2.45, 2.75) is 17.6 Å². The molecule has 3 aromatic rings. The summed E-state index contributed by atoms with van der Waals surface area (Å²) in [7, 11) is -4.68. The molecule has 1 amide bonds. The molecule has 2 aromatic carbocycles. The number of carbonyl (C=O) groups is 1. The molecule has 0 saturated carbocycles. The van der Waals surface area contributed by atoms with Crippen LogP contribution < -0.4 is 5.32 Å². The number of halogens is 2. The van der Waals surface area contributed by atoms with Crippen molar-refractivity contribution in [3.05, 3.63) is 53.9 Å².